The molecule has 4 rings (SSSR count). The van der Waals surface area contributed by atoms with Gasteiger partial charge in [0.1, 0.15) is 0 Å². The number of hydrogen-bond acceptors (Lipinski definition) is 3. The number of alkyl halides is 5. The lowest BCUT2D eigenvalue weighted by atomic mass is 10.0. The van der Waals surface area contributed by atoms with Crippen LogP contribution in [-0.2, 0) is 12.1 Å². The summed E-state index contributed by atoms with van der Waals surface area (Å²) >= 11 is 0. The fraction of sp³-hybridized carbons (Fsp3) is 0.0952. The zero-order valence-corrected chi connectivity index (χ0v) is 15.2. The molecule has 0 bridgehead atoms. The van der Waals surface area contributed by atoms with Crippen LogP contribution in [0.5, 0.6) is 0 Å². The van der Waals surface area contributed by atoms with Crippen molar-refractivity contribution in [2.45, 2.75) is 12.1 Å². The van der Waals surface area contributed by atoms with E-state index in [4.69, 9.17) is 0 Å². The van der Waals surface area contributed by atoms with Crippen molar-refractivity contribution in [1.29, 1.82) is 0 Å². The number of para-hydroxylation sites is 2. The molecule has 0 unspecified atom stereocenters. The Morgan fingerprint density at radius 2 is 1.60 bits per heavy atom. The van der Waals surface area contributed by atoms with Gasteiger partial charge in [0.25, 0.3) is 5.92 Å². The minimum atomic E-state index is -4.80. The lowest BCUT2D eigenvalue weighted by Crippen LogP contribution is -2.14. The first-order valence-electron chi connectivity index (χ1n) is 8.69. The number of benzene rings is 2. The van der Waals surface area contributed by atoms with Crippen LogP contribution in [0.4, 0.5) is 22.0 Å². The Labute approximate surface area is 167 Å². The van der Waals surface area contributed by atoms with E-state index in [1.54, 1.807) is 18.2 Å². The third-order valence-corrected chi connectivity index (χ3v) is 4.48. The third-order valence-electron chi connectivity index (χ3n) is 4.48. The van der Waals surface area contributed by atoms with Gasteiger partial charge in [0.05, 0.1) is 40.4 Å². The van der Waals surface area contributed by atoms with Crippen LogP contribution >= 0.6 is 0 Å². The Kier molecular flexibility index (Phi) is 4.60. The average molecular weight is 416 g/mol. The van der Waals surface area contributed by atoms with Crippen LogP contribution < -0.4 is 0 Å². The van der Waals surface area contributed by atoms with Crippen molar-refractivity contribution >= 4 is 11.0 Å². The van der Waals surface area contributed by atoms with Gasteiger partial charge >= 0.3 is 6.18 Å². The molecule has 0 N–H and O–H groups in total. The Morgan fingerprint density at radius 3 is 2.30 bits per heavy atom. The summed E-state index contributed by atoms with van der Waals surface area (Å²) in [5.41, 5.74) is 0.0362. The van der Waals surface area contributed by atoms with Crippen LogP contribution in [0.25, 0.3) is 28.0 Å². The average Bonchev–Trinajstić information content (AvgIpc) is 3.23. The third kappa shape index (κ3) is 3.66. The maximum atomic E-state index is 14.0. The van der Waals surface area contributed by atoms with E-state index < -0.39 is 23.2 Å². The zero-order valence-electron chi connectivity index (χ0n) is 15.2. The first kappa shape index (κ1) is 19.7. The van der Waals surface area contributed by atoms with Gasteiger partial charge in [-0.1, -0.05) is 18.7 Å². The number of hydrogen-bond donors (Lipinski definition) is 0. The van der Waals surface area contributed by atoms with E-state index in [-0.39, 0.29) is 5.69 Å². The van der Waals surface area contributed by atoms with E-state index in [0.29, 0.717) is 34.4 Å². The predicted molar refractivity (Wildman–Crippen MR) is 101 cm³/mol. The second-order valence-electron chi connectivity index (χ2n) is 6.51. The Hall–Kier alpha value is -3.62. The number of allylic oxidation sites excluding steroid dienone is 1. The number of nitrogens with zero attached hydrogens (tertiary/aromatic N) is 4. The summed E-state index contributed by atoms with van der Waals surface area (Å²) in [6.07, 6.45) is -0.213. The summed E-state index contributed by atoms with van der Waals surface area (Å²) < 4.78 is 68.9. The highest BCUT2D eigenvalue weighted by molar-refractivity contribution is 5.76. The van der Waals surface area contributed by atoms with Gasteiger partial charge in [-0.3, -0.25) is 4.98 Å². The van der Waals surface area contributed by atoms with E-state index in [0.717, 1.165) is 16.8 Å². The molecule has 4 aromatic rings. The minimum absolute atomic E-state index is 0.165. The first-order valence-corrected chi connectivity index (χ1v) is 8.69. The number of aromatic nitrogens is 4. The lowest BCUT2D eigenvalue weighted by molar-refractivity contribution is -0.137. The molecule has 0 fully saturated rings. The summed E-state index contributed by atoms with van der Waals surface area (Å²) in [4.78, 5) is 8.74. The molecule has 0 aliphatic heterocycles. The smallest absolute Gasteiger partial charge is 0.252 e. The first-order chi connectivity index (χ1) is 14.2. The van der Waals surface area contributed by atoms with Crippen molar-refractivity contribution in [2.75, 3.05) is 0 Å². The number of fused-ring (bicyclic) bond motifs is 1. The van der Waals surface area contributed by atoms with Crippen molar-refractivity contribution in [2.24, 2.45) is 0 Å². The van der Waals surface area contributed by atoms with Gasteiger partial charge in [-0.25, -0.2) is 9.67 Å². The molecule has 0 amide bonds. The molecule has 0 radical (unpaired) electrons. The summed E-state index contributed by atoms with van der Waals surface area (Å²) in [5, 5.41) is 4.03. The number of rotatable bonds is 4. The van der Waals surface area contributed by atoms with Crippen LogP contribution in [0.3, 0.4) is 0 Å². The highest BCUT2D eigenvalue weighted by Crippen LogP contribution is 2.37. The maximum Gasteiger partial charge on any atom is 0.416 e. The van der Waals surface area contributed by atoms with Gasteiger partial charge < -0.3 is 0 Å². The van der Waals surface area contributed by atoms with E-state index in [1.165, 1.54) is 18.6 Å². The molecule has 0 aliphatic rings. The Morgan fingerprint density at radius 1 is 0.900 bits per heavy atom. The topological polar surface area (TPSA) is 43.6 Å². The van der Waals surface area contributed by atoms with Crippen LogP contribution in [0.1, 0.15) is 11.1 Å². The van der Waals surface area contributed by atoms with Crippen LogP contribution in [0.15, 0.2) is 73.7 Å². The summed E-state index contributed by atoms with van der Waals surface area (Å²) in [6.45, 7) is 3.00. The summed E-state index contributed by atoms with van der Waals surface area (Å²) in [5.74, 6) is -3.63. The fourth-order valence-electron chi connectivity index (χ4n) is 2.91. The van der Waals surface area contributed by atoms with E-state index in [1.807, 2.05) is 6.07 Å². The second kappa shape index (κ2) is 7.01. The van der Waals surface area contributed by atoms with Gasteiger partial charge in [-0.05, 0) is 36.4 Å². The highest BCUT2D eigenvalue weighted by Gasteiger charge is 2.35. The van der Waals surface area contributed by atoms with Crippen molar-refractivity contribution in [3.63, 3.8) is 0 Å². The molecule has 0 saturated heterocycles. The largest absolute Gasteiger partial charge is 0.416 e. The number of halogens is 5. The molecule has 4 nitrogen and oxygen atoms in total. The van der Waals surface area contributed by atoms with Crippen molar-refractivity contribution in [3.8, 4) is 16.9 Å². The fourth-order valence-corrected chi connectivity index (χ4v) is 2.91. The molecule has 30 heavy (non-hydrogen) atoms. The van der Waals surface area contributed by atoms with E-state index in [2.05, 4.69) is 21.6 Å². The molecule has 0 spiro atoms. The summed E-state index contributed by atoms with van der Waals surface area (Å²) in [7, 11) is 0. The standard InChI is InChI=1S/C21H13F5N4/c1-2-20(22,23)14-7-15(21(24,25)26)9-16(8-14)30-12-13(10-28-30)19-11-27-17-5-3-4-6-18(17)29-19/h2-12H,1H2. The predicted octanol–water partition coefficient (Wildman–Crippen LogP) is 5.78. The van der Waals surface area contributed by atoms with E-state index in [9.17, 15) is 22.0 Å². The maximum absolute atomic E-state index is 14.0. The molecule has 0 aliphatic carbocycles. The second-order valence-corrected chi connectivity index (χ2v) is 6.51. The van der Waals surface area contributed by atoms with Gasteiger partial charge in [0.15, 0.2) is 0 Å². The molecule has 0 saturated carbocycles. The van der Waals surface area contributed by atoms with Crippen LogP contribution in [0.2, 0.25) is 0 Å². The minimum Gasteiger partial charge on any atom is -0.252 e. The molecule has 2 aromatic carbocycles. The lowest BCUT2D eigenvalue weighted by Gasteiger charge is -2.16. The van der Waals surface area contributed by atoms with E-state index >= 15 is 0 Å². The van der Waals surface area contributed by atoms with Crippen molar-refractivity contribution < 1.29 is 22.0 Å². The molecule has 2 aromatic heterocycles. The van der Waals surface area contributed by atoms with Gasteiger partial charge in [-0.2, -0.15) is 27.1 Å². The molecule has 152 valence electrons. The molecule has 0 atom stereocenters. The van der Waals surface area contributed by atoms with Gasteiger partial charge in [-0.15, -0.1) is 0 Å². The van der Waals surface area contributed by atoms with Gasteiger partial charge in [0.2, 0.25) is 0 Å². The molecular formula is C21H13F5N4. The normalized spacial score (nSPS) is 12.3. The summed E-state index contributed by atoms with van der Waals surface area (Å²) in [6, 6.07) is 9.29. The zero-order chi connectivity index (χ0) is 21.5. The Balaban J connectivity index is 1.80. The quantitative estimate of drug-likeness (QED) is 0.313. The van der Waals surface area contributed by atoms with Crippen molar-refractivity contribution in [3.05, 3.63) is 84.8 Å². The SMILES string of the molecule is C=CC(F)(F)c1cc(-n2cc(-c3cnc4ccccc4n3)cn2)cc(C(F)(F)F)c1. The van der Waals surface area contributed by atoms with Crippen LogP contribution in [0, 0.1) is 0 Å². The molecule has 2 heterocycles. The molecular weight excluding hydrogens is 403 g/mol. The Bertz CT molecular complexity index is 1240. The van der Waals surface area contributed by atoms with Crippen LogP contribution in [-0.4, -0.2) is 19.7 Å². The monoisotopic (exact) mass is 416 g/mol. The van der Waals surface area contributed by atoms with Gasteiger partial charge in [0, 0.05) is 17.3 Å². The van der Waals surface area contributed by atoms with Crippen molar-refractivity contribution in [1.82, 2.24) is 19.7 Å². The molecule has 9 heteroatoms. The highest BCUT2D eigenvalue weighted by atomic mass is 19.4.